The number of rotatable bonds is 1. The average Bonchev–Trinajstić information content (AvgIpc) is 2.77. The summed E-state index contributed by atoms with van der Waals surface area (Å²) in [6, 6.07) is 0. The molecule has 14 heavy (non-hydrogen) atoms. The van der Waals surface area contributed by atoms with Crippen LogP contribution in [0.1, 0.15) is 18.5 Å². The summed E-state index contributed by atoms with van der Waals surface area (Å²) >= 11 is 5.77. The van der Waals surface area contributed by atoms with E-state index in [-0.39, 0.29) is 5.54 Å². The Morgan fingerprint density at radius 1 is 1.43 bits per heavy atom. The highest BCUT2D eigenvalue weighted by Crippen LogP contribution is 2.41. The number of hydrogen-bond acceptors (Lipinski definition) is 3. The quantitative estimate of drug-likeness (QED) is 0.769. The van der Waals surface area contributed by atoms with Crippen molar-refractivity contribution in [2.24, 2.45) is 5.73 Å². The van der Waals surface area contributed by atoms with Gasteiger partial charge in [0.1, 0.15) is 5.15 Å². The summed E-state index contributed by atoms with van der Waals surface area (Å²) in [5.74, 6) is 0. The maximum atomic E-state index is 6.04. The van der Waals surface area contributed by atoms with Crippen molar-refractivity contribution >= 4 is 17.2 Å². The predicted molar refractivity (Wildman–Crippen MR) is 53.1 cm³/mol. The third kappa shape index (κ3) is 1.11. The number of halogens is 1. The molecule has 72 valence electrons. The van der Waals surface area contributed by atoms with Crippen molar-refractivity contribution in [3.05, 3.63) is 29.4 Å². The highest BCUT2D eigenvalue weighted by molar-refractivity contribution is 6.29. The van der Waals surface area contributed by atoms with Gasteiger partial charge >= 0.3 is 0 Å². The number of aromatic nitrogens is 3. The first-order chi connectivity index (χ1) is 6.67. The second-order valence-electron chi connectivity index (χ2n) is 3.76. The molecule has 0 saturated heterocycles. The second kappa shape index (κ2) is 2.46. The van der Waals surface area contributed by atoms with Crippen LogP contribution in [0, 0.1) is 0 Å². The van der Waals surface area contributed by atoms with Gasteiger partial charge < -0.3 is 10.1 Å². The minimum absolute atomic E-state index is 0.196. The molecule has 1 fully saturated rings. The summed E-state index contributed by atoms with van der Waals surface area (Å²) in [6.07, 6.45) is 7.34. The first-order valence-corrected chi connectivity index (χ1v) is 4.85. The van der Waals surface area contributed by atoms with E-state index in [0.29, 0.717) is 5.15 Å². The number of nitrogens with zero attached hydrogens (tertiary/aromatic N) is 3. The zero-order valence-corrected chi connectivity index (χ0v) is 8.20. The van der Waals surface area contributed by atoms with Crippen LogP contribution in [0.5, 0.6) is 0 Å². The molecular weight excluding hydrogens is 200 g/mol. The monoisotopic (exact) mass is 208 g/mol. The van der Waals surface area contributed by atoms with Crippen LogP contribution in [0.4, 0.5) is 0 Å². The maximum absolute atomic E-state index is 6.04. The van der Waals surface area contributed by atoms with Crippen LogP contribution in [0.25, 0.3) is 5.65 Å². The first-order valence-electron chi connectivity index (χ1n) is 4.47. The molecule has 1 aliphatic carbocycles. The summed E-state index contributed by atoms with van der Waals surface area (Å²) in [6.45, 7) is 0. The van der Waals surface area contributed by atoms with E-state index >= 15 is 0 Å². The van der Waals surface area contributed by atoms with Crippen molar-refractivity contribution in [3.8, 4) is 0 Å². The molecule has 3 rings (SSSR count). The van der Waals surface area contributed by atoms with Crippen molar-refractivity contribution in [2.45, 2.75) is 18.4 Å². The Labute approximate surface area is 85.7 Å². The topological polar surface area (TPSA) is 56.2 Å². The molecule has 5 heteroatoms. The molecule has 2 N–H and O–H groups in total. The van der Waals surface area contributed by atoms with Crippen molar-refractivity contribution in [3.63, 3.8) is 0 Å². The third-order valence-corrected chi connectivity index (χ3v) is 2.80. The molecule has 2 heterocycles. The van der Waals surface area contributed by atoms with Crippen molar-refractivity contribution in [1.82, 2.24) is 14.4 Å². The SMILES string of the molecule is NC1(c2cn3cc(Cl)ncc3n2)CC1. The molecule has 1 saturated carbocycles. The van der Waals surface area contributed by atoms with Crippen LogP contribution < -0.4 is 5.73 Å². The van der Waals surface area contributed by atoms with Crippen LogP contribution in [-0.4, -0.2) is 14.4 Å². The fourth-order valence-electron chi connectivity index (χ4n) is 1.51. The maximum Gasteiger partial charge on any atom is 0.155 e. The van der Waals surface area contributed by atoms with Crippen LogP contribution in [0.15, 0.2) is 18.6 Å². The molecule has 0 spiro atoms. The van der Waals surface area contributed by atoms with Gasteiger partial charge in [0, 0.05) is 12.4 Å². The van der Waals surface area contributed by atoms with Gasteiger partial charge in [0.25, 0.3) is 0 Å². The summed E-state index contributed by atoms with van der Waals surface area (Å²) in [5.41, 5.74) is 7.57. The lowest BCUT2D eigenvalue weighted by Gasteiger charge is -2.00. The molecule has 0 atom stereocenters. The van der Waals surface area contributed by atoms with Crippen LogP contribution >= 0.6 is 11.6 Å². The molecule has 0 aromatic carbocycles. The van der Waals surface area contributed by atoms with Gasteiger partial charge in [0.05, 0.1) is 17.4 Å². The Morgan fingerprint density at radius 3 is 2.93 bits per heavy atom. The molecule has 2 aromatic rings. The first kappa shape index (κ1) is 8.20. The normalized spacial score (nSPS) is 18.7. The van der Waals surface area contributed by atoms with Gasteiger partial charge in [-0.3, -0.25) is 0 Å². The minimum atomic E-state index is -0.196. The van der Waals surface area contributed by atoms with E-state index in [2.05, 4.69) is 9.97 Å². The molecule has 0 aliphatic heterocycles. The Hall–Kier alpha value is -1.13. The van der Waals surface area contributed by atoms with Crippen molar-refractivity contribution < 1.29 is 0 Å². The largest absolute Gasteiger partial charge is 0.320 e. The Bertz CT molecular complexity index is 500. The fourth-order valence-corrected chi connectivity index (χ4v) is 1.66. The van der Waals surface area contributed by atoms with E-state index in [4.69, 9.17) is 17.3 Å². The molecule has 0 bridgehead atoms. The van der Waals surface area contributed by atoms with Gasteiger partial charge in [0.15, 0.2) is 5.65 Å². The molecule has 0 radical (unpaired) electrons. The fraction of sp³-hybridized carbons (Fsp3) is 0.333. The minimum Gasteiger partial charge on any atom is -0.320 e. The lowest BCUT2D eigenvalue weighted by atomic mass is 10.2. The van der Waals surface area contributed by atoms with Gasteiger partial charge in [-0.1, -0.05) is 11.6 Å². The highest BCUT2D eigenvalue weighted by atomic mass is 35.5. The predicted octanol–water partition coefficient (Wildman–Crippen LogP) is 1.33. The van der Waals surface area contributed by atoms with Gasteiger partial charge in [-0.05, 0) is 12.8 Å². The molecule has 4 nitrogen and oxygen atoms in total. The average molecular weight is 209 g/mol. The van der Waals surface area contributed by atoms with E-state index in [1.807, 2.05) is 10.6 Å². The molecule has 0 amide bonds. The highest BCUT2D eigenvalue weighted by Gasteiger charge is 2.42. The number of nitrogens with two attached hydrogens (primary N) is 1. The van der Waals surface area contributed by atoms with Crippen molar-refractivity contribution in [1.29, 1.82) is 0 Å². The Balaban J connectivity index is 2.20. The van der Waals surface area contributed by atoms with Crippen molar-refractivity contribution in [2.75, 3.05) is 0 Å². The van der Waals surface area contributed by atoms with E-state index in [0.717, 1.165) is 24.2 Å². The van der Waals surface area contributed by atoms with Crippen LogP contribution in [0.3, 0.4) is 0 Å². The Kier molecular flexibility index (Phi) is 1.44. The standard InChI is InChI=1S/C9H9ClN4/c10-7-5-14-4-6(9(11)1-2-9)13-8(14)3-12-7/h3-5H,1-2,11H2. The van der Waals surface area contributed by atoms with Gasteiger partial charge in [-0.25, -0.2) is 9.97 Å². The van der Waals surface area contributed by atoms with Gasteiger partial charge in [-0.2, -0.15) is 0 Å². The number of hydrogen-bond donors (Lipinski definition) is 1. The summed E-state index contributed by atoms with van der Waals surface area (Å²) in [5, 5.41) is 0.461. The van der Waals surface area contributed by atoms with Crippen LogP contribution in [-0.2, 0) is 5.54 Å². The molecule has 1 aliphatic rings. The second-order valence-corrected chi connectivity index (χ2v) is 4.15. The smallest absolute Gasteiger partial charge is 0.155 e. The van der Waals surface area contributed by atoms with Crippen LogP contribution in [0.2, 0.25) is 5.15 Å². The lowest BCUT2D eigenvalue weighted by Crippen LogP contribution is -2.18. The zero-order valence-electron chi connectivity index (χ0n) is 7.44. The van der Waals surface area contributed by atoms with E-state index < -0.39 is 0 Å². The van der Waals surface area contributed by atoms with Gasteiger partial charge in [-0.15, -0.1) is 0 Å². The number of fused-ring (bicyclic) bond motifs is 1. The lowest BCUT2D eigenvalue weighted by molar-refractivity contribution is 0.715. The molecule has 2 aromatic heterocycles. The summed E-state index contributed by atoms with van der Waals surface area (Å²) in [4.78, 5) is 8.37. The van der Waals surface area contributed by atoms with Gasteiger partial charge in [0.2, 0.25) is 0 Å². The zero-order chi connectivity index (χ0) is 9.76. The molecule has 0 unspecified atom stereocenters. The number of imidazole rings is 1. The third-order valence-electron chi connectivity index (χ3n) is 2.61. The van der Waals surface area contributed by atoms with E-state index in [1.165, 1.54) is 0 Å². The van der Waals surface area contributed by atoms with E-state index in [1.54, 1.807) is 12.4 Å². The summed E-state index contributed by atoms with van der Waals surface area (Å²) < 4.78 is 1.86. The van der Waals surface area contributed by atoms with E-state index in [9.17, 15) is 0 Å². The summed E-state index contributed by atoms with van der Waals surface area (Å²) in [7, 11) is 0. The molecular formula is C9H9ClN4. The Morgan fingerprint density at radius 2 is 2.21 bits per heavy atom.